The molecule has 1 N–H and O–H groups in total. The molecule has 1 aromatic carbocycles. The minimum atomic E-state index is -3.61. The molecule has 4 fully saturated rings. The number of hydrogen-bond donors (Lipinski definition) is 1. The van der Waals surface area contributed by atoms with Gasteiger partial charge in [0.05, 0.1) is 66.1 Å². The SMILES string of the molecule is C=C1C(C[C@@H]2O[C@H](C[C@H]3COC(C)(C)O3)[C@H](OC)C2CS(=O)(=O)c2ccccc2)OC(CC[C@@H]2O[C@@H](CCCO)CC2=C)C[C@H]1C. The topological polar surface area (TPSA) is 110 Å². The van der Waals surface area contributed by atoms with E-state index in [-0.39, 0.29) is 54.9 Å². The van der Waals surface area contributed by atoms with E-state index >= 15 is 0 Å². The van der Waals surface area contributed by atoms with E-state index < -0.39 is 33.8 Å². The molecule has 9 nitrogen and oxygen atoms in total. The van der Waals surface area contributed by atoms with Crippen LogP contribution in [0.15, 0.2) is 59.5 Å². The van der Waals surface area contributed by atoms with Crippen LogP contribution in [0.25, 0.3) is 0 Å². The molecule has 1 aromatic rings. The molecule has 0 radical (unpaired) electrons. The number of rotatable bonds is 14. The van der Waals surface area contributed by atoms with Crippen molar-refractivity contribution < 1.29 is 41.9 Å². The maximum Gasteiger partial charge on any atom is 0.178 e. The highest BCUT2D eigenvalue weighted by Crippen LogP contribution is 2.42. The molecule has 46 heavy (non-hydrogen) atoms. The molecule has 0 aliphatic carbocycles. The fourth-order valence-corrected chi connectivity index (χ4v) is 9.37. The smallest absolute Gasteiger partial charge is 0.178 e. The second kappa shape index (κ2) is 15.3. The van der Waals surface area contributed by atoms with Crippen LogP contribution in [-0.4, -0.2) is 94.2 Å². The summed E-state index contributed by atoms with van der Waals surface area (Å²) in [5.74, 6) is -0.923. The molecule has 4 aliphatic heterocycles. The third-order valence-electron chi connectivity index (χ3n) is 10.2. The van der Waals surface area contributed by atoms with Crippen molar-refractivity contribution in [3.05, 3.63) is 54.6 Å². The zero-order valence-electron chi connectivity index (χ0n) is 28.0. The van der Waals surface area contributed by atoms with Gasteiger partial charge >= 0.3 is 0 Å². The van der Waals surface area contributed by atoms with Gasteiger partial charge in [-0.05, 0) is 81.6 Å². The molecule has 5 rings (SSSR count). The van der Waals surface area contributed by atoms with Crippen LogP contribution in [0.4, 0.5) is 0 Å². The number of aliphatic hydroxyl groups is 1. The van der Waals surface area contributed by atoms with Crippen LogP contribution >= 0.6 is 0 Å². The Morgan fingerprint density at radius 1 is 0.957 bits per heavy atom. The molecule has 0 amide bonds. The molecule has 3 unspecified atom stereocenters. The van der Waals surface area contributed by atoms with Gasteiger partial charge in [0.1, 0.15) is 0 Å². The zero-order valence-corrected chi connectivity index (χ0v) is 28.8. The number of sulfone groups is 1. The van der Waals surface area contributed by atoms with E-state index in [9.17, 15) is 13.5 Å². The van der Waals surface area contributed by atoms with Crippen LogP contribution in [0.3, 0.4) is 0 Å². The first kappa shape index (κ1) is 35.7. The van der Waals surface area contributed by atoms with Gasteiger partial charge in [-0.3, -0.25) is 0 Å². The number of methoxy groups -OCH3 is 1. The Balaban J connectivity index is 1.29. The summed E-state index contributed by atoms with van der Waals surface area (Å²) in [5, 5.41) is 9.20. The molecular formula is C36H54O9S. The van der Waals surface area contributed by atoms with Crippen molar-refractivity contribution in [1.29, 1.82) is 0 Å². The van der Waals surface area contributed by atoms with Crippen LogP contribution in [0.2, 0.25) is 0 Å². The summed E-state index contributed by atoms with van der Waals surface area (Å²) in [4.78, 5) is 0.294. The summed E-state index contributed by atoms with van der Waals surface area (Å²) < 4.78 is 65.0. The maximum absolute atomic E-state index is 13.7. The maximum atomic E-state index is 13.7. The molecule has 10 heteroatoms. The van der Waals surface area contributed by atoms with E-state index in [0.717, 1.165) is 49.7 Å². The highest BCUT2D eigenvalue weighted by Gasteiger charge is 2.50. The van der Waals surface area contributed by atoms with Crippen LogP contribution < -0.4 is 0 Å². The number of ether oxygens (including phenoxy) is 6. The first-order valence-corrected chi connectivity index (χ1v) is 18.6. The summed E-state index contributed by atoms with van der Waals surface area (Å²) in [6.07, 6.45) is 4.48. The molecule has 0 spiro atoms. The van der Waals surface area contributed by atoms with Crippen LogP contribution in [-0.2, 0) is 38.3 Å². The Morgan fingerprint density at radius 3 is 2.37 bits per heavy atom. The highest BCUT2D eigenvalue weighted by atomic mass is 32.2. The average Bonchev–Trinajstić information content (AvgIpc) is 3.66. The molecule has 258 valence electrons. The van der Waals surface area contributed by atoms with Gasteiger partial charge in [0.25, 0.3) is 0 Å². The lowest BCUT2D eigenvalue weighted by Gasteiger charge is -2.38. The minimum absolute atomic E-state index is 0.00639. The number of aliphatic hydroxyl groups excluding tert-OH is 1. The van der Waals surface area contributed by atoms with E-state index in [4.69, 9.17) is 28.4 Å². The quantitative estimate of drug-likeness (QED) is 0.262. The molecular weight excluding hydrogens is 608 g/mol. The van der Waals surface area contributed by atoms with Gasteiger partial charge in [-0.25, -0.2) is 8.42 Å². The Kier molecular flexibility index (Phi) is 11.9. The van der Waals surface area contributed by atoms with Gasteiger partial charge < -0.3 is 33.5 Å². The largest absolute Gasteiger partial charge is 0.396 e. The summed E-state index contributed by atoms with van der Waals surface area (Å²) in [6.45, 7) is 15.3. The lowest BCUT2D eigenvalue weighted by atomic mass is 9.83. The first-order chi connectivity index (χ1) is 21.9. The lowest BCUT2D eigenvalue weighted by molar-refractivity contribution is -0.144. The third kappa shape index (κ3) is 8.69. The zero-order chi connectivity index (χ0) is 33.1. The second-order valence-corrected chi connectivity index (χ2v) is 16.1. The van der Waals surface area contributed by atoms with E-state index in [1.807, 2.05) is 19.9 Å². The van der Waals surface area contributed by atoms with E-state index in [0.29, 0.717) is 24.3 Å². The van der Waals surface area contributed by atoms with E-state index in [2.05, 4.69) is 20.1 Å². The average molecular weight is 663 g/mol. The Morgan fingerprint density at radius 2 is 1.70 bits per heavy atom. The third-order valence-corrected chi connectivity index (χ3v) is 12.0. The van der Waals surface area contributed by atoms with Gasteiger partial charge in [0.2, 0.25) is 0 Å². The van der Waals surface area contributed by atoms with Gasteiger partial charge in [-0.1, -0.05) is 38.3 Å². The normalized spacial score (nSPS) is 36.5. The predicted octanol–water partition coefficient (Wildman–Crippen LogP) is 5.41. The van der Waals surface area contributed by atoms with Gasteiger partial charge in [0, 0.05) is 32.5 Å². The molecule has 10 atom stereocenters. The standard InChI is InChI=1S/C36H54O9S/c1-23-17-27(14-15-31-24(2)18-26(42-31)11-10-16-37)43-32(25(23)3)20-33-30(22-46(38,39)29-12-8-7-9-13-29)35(40-6)34(44-33)19-28-21-41-36(4,5)45-28/h7-9,12-13,23,26-28,30-35,37H,2-3,10-11,14-22H2,1,4-6H3/t23-,26+,27?,28+,30?,31+,32?,33+,34-,35-/m1/s1. The Labute approximate surface area is 275 Å². The van der Waals surface area contributed by atoms with Crippen molar-refractivity contribution in [2.45, 2.75) is 132 Å². The monoisotopic (exact) mass is 662 g/mol. The summed E-state index contributed by atoms with van der Waals surface area (Å²) in [7, 11) is -1.99. The van der Waals surface area contributed by atoms with Gasteiger partial charge in [-0.2, -0.15) is 0 Å². The molecule has 0 bridgehead atoms. The number of hydrogen-bond acceptors (Lipinski definition) is 9. The van der Waals surface area contributed by atoms with Crippen molar-refractivity contribution in [1.82, 2.24) is 0 Å². The van der Waals surface area contributed by atoms with Crippen LogP contribution in [0, 0.1) is 11.8 Å². The van der Waals surface area contributed by atoms with Crippen molar-refractivity contribution in [3.8, 4) is 0 Å². The summed E-state index contributed by atoms with van der Waals surface area (Å²) >= 11 is 0. The van der Waals surface area contributed by atoms with Crippen molar-refractivity contribution in [2.75, 3.05) is 26.1 Å². The molecule has 4 heterocycles. The molecule has 0 saturated carbocycles. The van der Waals surface area contributed by atoms with Crippen molar-refractivity contribution in [2.24, 2.45) is 11.8 Å². The summed E-state index contributed by atoms with van der Waals surface area (Å²) in [6, 6.07) is 8.58. The highest BCUT2D eigenvalue weighted by molar-refractivity contribution is 7.91. The van der Waals surface area contributed by atoms with Crippen LogP contribution in [0.5, 0.6) is 0 Å². The Hall–Kier alpha value is -1.63. The fraction of sp³-hybridized carbons (Fsp3) is 0.722. The van der Waals surface area contributed by atoms with E-state index in [1.54, 1.807) is 31.4 Å². The summed E-state index contributed by atoms with van der Waals surface area (Å²) in [5.41, 5.74) is 2.13. The lowest BCUT2D eigenvalue weighted by Crippen LogP contribution is -2.40. The molecule has 4 saturated heterocycles. The van der Waals surface area contributed by atoms with Gasteiger partial charge in [-0.15, -0.1) is 0 Å². The first-order valence-electron chi connectivity index (χ1n) is 16.9. The molecule has 4 aliphatic rings. The number of benzene rings is 1. The van der Waals surface area contributed by atoms with Crippen LogP contribution in [0.1, 0.15) is 72.1 Å². The second-order valence-electron chi connectivity index (χ2n) is 14.1. The fourth-order valence-electron chi connectivity index (χ4n) is 7.70. The van der Waals surface area contributed by atoms with Crippen molar-refractivity contribution in [3.63, 3.8) is 0 Å². The molecule has 0 aromatic heterocycles. The van der Waals surface area contributed by atoms with Gasteiger partial charge in [0.15, 0.2) is 15.6 Å². The predicted molar refractivity (Wildman–Crippen MR) is 175 cm³/mol. The Bertz CT molecular complexity index is 1280. The van der Waals surface area contributed by atoms with Crippen molar-refractivity contribution >= 4 is 9.84 Å². The minimum Gasteiger partial charge on any atom is -0.396 e. The van der Waals surface area contributed by atoms with E-state index in [1.165, 1.54) is 0 Å².